The van der Waals surface area contributed by atoms with Gasteiger partial charge in [0.25, 0.3) is 0 Å². The van der Waals surface area contributed by atoms with Gasteiger partial charge in [-0.25, -0.2) is 4.98 Å². The molecule has 0 spiro atoms. The van der Waals surface area contributed by atoms with Gasteiger partial charge in [-0.1, -0.05) is 0 Å². The molecule has 0 bridgehead atoms. The van der Waals surface area contributed by atoms with E-state index in [1.54, 1.807) is 11.3 Å². The van der Waals surface area contributed by atoms with Gasteiger partial charge in [0.2, 0.25) is 0 Å². The largest absolute Gasteiger partial charge is 0.460 e. The molecule has 0 aromatic carbocycles. The number of alkyl halides is 1. The van der Waals surface area contributed by atoms with E-state index < -0.39 is 5.60 Å². The molecule has 0 N–H and O–H groups in total. The van der Waals surface area contributed by atoms with Crippen LogP contribution in [0.3, 0.4) is 0 Å². The van der Waals surface area contributed by atoms with Crippen molar-refractivity contribution in [3.63, 3.8) is 0 Å². The van der Waals surface area contributed by atoms with Crippen LogP contribution in [0.2, 0.25) is 0 Å². The maximum atomic E-state index is 12.0. The van der Waals surface area contributed by atoms with Gasteiger partial charge < -0.3 is 9.64 Å². The highest BCUT2D eigenvalue weighted by molar-refractivity contribution is 7.13. The van der Waals surface area contributed by atoms with Crippen molar-refractivity contribution < 1.29 is 9.53 Å². The number of carbonyl (C=O) groups is 1. The van der Waals surface area contributed by atoms with Crippen LogP contribution >= 0.6 is 22.9 Å². The number of aromatic nitrogens is 1. The number of esters is 1. The lowest BCUT2D eigenvalue weighted by atomic mass is 9.97. The maximum Gasteiger partial charge on any atom is 0.309 e. The third-order valence-electron chi connectivity index (χ3n) is 3.18. The fraction of sp³-hybridized carbons (Fsp3) is 0.714. The van der Waals surface area contributed by atoms with Crippen LogP contribution in [0.4, 0.5) is 5.13 Å². The number of ether oxygens (including phenoxy) is 1. The van der Waals surface area contributed by atoms with E-state index >= 15 is 0 Å². The lowest BCUT2D eigenvalue weighted by Crippen LogP contribution is -2.38. The summed E-state index contributed by atoms with van der Waals surface area (Å²) < 4.78 is 5.45. The minimum absolute atomic E-state index is 0.0120. The van der Waals surface area contributed by atoms with Gasteiger partial charge in [0.05, 0.1) is 17.5 Å². The van der Waals surface area contributed by atoms with Crippen molar-refractivity contribution in [1.82, 2.24) is 4.98 Å². The second kappa shape index (κ2) is 6.31. The van der Waals surface area contributed by atoms with Crippen molar-refractivity contribution in [3.8, 4) is 0 Å². The standard InChI is InChI=1S/C14H21ClN2O2S/c1-14(2,3)19-12(18)10-4-6-17(7-5-10)13-16-11(8-15)9-20-13/h9-10H,4-8H2,1-3H3. The highest BCUT2D eigenvalue weighted by Gasteiger charge is 2.29. The highest BCUT2D eigenvalue weighted by Crippen LogP contribution is 2.28. The summed E-state index contributed by atoms with van der Waals surface area (Å²) >= 11 is 7.38. The van der Waals surface area contributed by atoms with Crippen LogP contribution in [0.25, 0.3) is 0 Å². The number of thiazole rings is 1. The maximum absolute atomic E-state index is 12.0. The molecule has 1 aromatic heterocycles. The molecular weight excluding hydrogens is 296 g/mol. The molecule has 0 saturated carbocycles. The minimum atomic E-state index is -0.404. The minimum Gasteiger partial charge on any atom is -0.460 e. The van der Waals surface area contributed by atoms with Crippen LogP contribution in [0.5, 0.6) is 0 Å². The molecule has 1 saturated heterocycles. The summed E-state index contributed by atoms with van der Waals surface area (Å²) in [5.74, 6) is 0.390. The SMILES string of the molecule is CC(C)(C)OC(=O)C1CCN(c2nc(CCl)cs2)CC1. The monoisotopic (exact) mass is 316 g/mol. The first-order valence-corrected chi connectivity index (χ1v) is 8.28. The van der Waals surface area contributed by atoms with Gasteiger partial charge in [-0.3, -0.25) is 4.79 Å². The molecule has 112 valence electrons. The Bertz CT molecular complexity index is 462. The summed E-state index contributed by atoms with van der Waals surface area (Å²) in [5, 5.41) is 2.99. The van der Waals surface area contributed by atoms with Gasteiger partial charge in [-0.2, -0.15) is 0 Å². The van der Waals surface area contributed by atoms with Crippen molar-refractivity contribution in [1.29, 1.82) is 0 Å². The Morgan fingerprint density at radius 2 is 2.15 bits per heavy atom. The Kier molecular flexibility index (Phi) is 4.91. The second-order valence-electron chi connectivity index (χ2n) is 6.05. The van der Waals surface area contributed by atoms with E-state index in [9.17, 15) is 4.79 Å². The molecule has 0 unspecified atom stereocenters. The summed E-state index contributed by atoms with van der Waals surface area (Å²) in [6.07, 6.45) is 1.65. The van der Waals surface area contributed by atoms with Crippen LogP contribution in [0, 0.1) is 5.92 Å². The van der Waals surface area contributed by atoms with Crippen LogP contribution in [-0.2, 0) is 15.4 Å². The van der Waals surface area contributed by atoms with E-state index in [1.807, 2.05) is 26.2 Å². The average molecular weight is 317 g/mol. The van der Waals surface area contributed by atoms with E-state index in [0.717, 1.165) is 36.8 Å². The Hall–Kier alpha value is -0.810. The van der Waals surface area contributed by atoms with Crippen molar-refractivity contribution in [3.05, 3.63) is 11.1 Å². The molecule has 1 aliphatic rings. The molecule has 0 aliphatic carbocycles. The fourth-order valence-electron chi connectivity index (χ4n) is 2.19. The molecule has 20 heavy (non-hydrogen) atoms. The van der Waals surface area contributed by atoms with E-state index in [0.29, 0.717) is 5.88 Å². The molecular formula is C14H21ClN2O2S. The molecule has 2 heterocycles. The molecule has 1 fully saturated rings. The first kappa shape index (κ1) is 15.6. The summed E-state index contributed by atoms with van der Waals surface area (Å²) in [5.41, 5.74) is 0.514. The zero-order chi connectivity index (χ0) is 14.8. The first-order chi connectivity index (χ1) is 9.39. The first-order valence-electron chi connectivity index (χ1n) is 6.87. The number of hydrogen-bond acceptors (Lipinski definition) is 5. The van der Waals surface area contributed by atoms with Gasteiger partial charge in [0.15, 0.2) is 5.13 Å². The molecule has 1 aliphatic heterocycles. The van der Waals surface area contributed by atoms with Crippen LogP contribution in [0.15, 0.2) is 5.38 Å². The van der Waals surface area contributed by atoms with E-state index in [-0.39, 0.29) is 11.9 Å². The zero-order valence-electron chi connectivity index (χ0n) is 12.2. The number of halogens is 1. The fourth-order valence-corrected chi connectivity index (χ4v) is 3.30. The van der Waals surface area contributed by atoms with Gasteiger partial charge in [-0.15, -0.1) is 22.9 Å². The molecule has 2 rings (SSSR count). The molecule has 0 radical (unpaired) electrons. The van der Waals surface area contributed by atoms with Gasteiger partial charge in [0, 0.05) is 18.5 Å². The van der Waals surface area contributed by atoms with Gasteiger partial charge in [0.1, 0.15) is 5.60 Å². The van der Waals surface area contributed by atoms with Crippen molar-refractivity contribution in [2.24, 2.45) is 5.92 Å². The summed E-state index contributed by atoms with van der Waals surface area (Å²) in [4.78, 5) is 18.7. The molecule has 6 heteroatoms. The summed E-state index contributed by atoms with van der Waals surface area (Å²) in [7, 11) is 0. The Labute approximate surface area is 129 Å². The normalized spacial score (nSPS) is 17.3. The van der Waals surface area contributed by atoms with Crippen LogP contribution in [-0.4, -0.2) is 29.6 Å². The number of carbonyl (C=O) groups excluding carboxylic acids is 1. The molecule has 0 atom stereocenters. The third-order valence-corrected chi connectivity index (χ3v) is 4.41. The zero-order valence-corrected chi connectivity index (χ0v) is 13.8. The number of anilines is 1. The Morgan fingerprint density at radius 3 is 2.65 bits per heavy atom. The predicted molar refractivity (Wildman–Crippen MR) is 82.5 cm³/mol. The quantitative estimate of drug-likeness (QED) is 0.633. The van der Waals surface area contributed by atoms with Crippen LogP contribution in [0.1, 0.15) is 39.3 Å². The van der Waals surface area contributed by atoms with E-state index in [1.165, 1.54) is 0 Å². The lowest BCUT2D eigenvalue weighted by Gasteiger charge is -2.32. The highest BCUT2D eigenvalue weighted by atomic mass is 35.5. The number of nitrogens with zero attached hydrogens (tertiary/aromatic N) is 2. The summed E-state index contributed by atoms with van der Waals surface area (Å²) in [6.45, 7) is 7.41. The smallest absolute Gasteiger partial charge is 0.309 e. The third kappa shape index (κ3) is 4.09. The lowest BCUT2D eigenvalue weighted by molar-refractivity contribution is -0.160. The second-order valence-corrected chi connectivity index (χ2v) is 7.15. The average Bonchev–Trinajstić information content (AvgIpc) is 2.85. The van der Waals surface area contributed by atoms with Crippen molar-refractivity contribution >= 4 is 34.0 Å². The molecule has 1 aromatic rings. The van der Waals surface area contributed by atoms with Crippen LogP contribution < -0.4 is 4.90 Å². The topological polar surface area (TPSA) is 42.4 Å². The molecule has 0 amide bonds. The predicted octanol–water partition coefficient (Wildman–Crippen LogP) is 3.44. The number of rotatable bonds is 3. The number of piperidine rings is 1. The van der Waals surface area contributed by atoms with Crippen molar-refractivity contribution in [2.45, 2.75) is 45.1 Å². The van der Waals surface area contributed by atoms with E-state index in [2.05, 4.69) is 9.88 Å². The Balaban J connectivity index is 1.87. The van der Waals surface area contributed by atoms with E-state index in [4.69, 9.17) is 16.3 Å². The van der Waals surface area contributed by atoms with Crippen molar-refractivity contribution in [2.75, 3.05) is 18.0 Å². The molecule has 4 nitrogen and oxygen atoms in total. The Morgan fingerprint density at radius 1 is 1.50 bits per heavy atom. The van der Waals surface area contributed by atoms with Gasteiger partial charge >= 0.3 is 5.97 Å². The number of hydrogen-bond donors (Lipinski definition) is 0. The summed E-state index contributed by atoms with van der Waals surface area (Å²) in [6, 6.07) is 0. The van der Waals surface area contributed by atoms with Gasteiger partial charge in [-0.05, 0) is 33.6 Å².